The molecule has 140 valence electrons. The summed E-state index contributed by atoms with van der Waals surface area (Å²) in [5, 5.41) is 7.85. The number of amides is 1. The molecule has 1 heterocycles. The number of hydrogen-bond acceptors (Lipinski definition) is 5. The number of aryl methyl sites for hydroxylation is 1. The lowest BCUT2D eigenvalue weighted by Crippen LogP contribution is -2.23. The van der Waals surface area contributed by atoms with Gasteiger partial charge in [-0.25, -0.2) is 18.5 Å². The van der Waals surface area contributed by atoms with Crippen LogP contribution >= 0.6 is 0 Å². The Hall–Kier alpha value is -2.97. The van der Waals surface area contributed by atoms with E-state index in [-0.39, 0.29) is 23.8 Å². The summed E-state index contributed by atoms with van der Waals surface area (Å²) in [5.74, 6) is 0.960. The number of nitrogens with two attached hydrogens (primary N) is 1. The third-order valence-corrected chi connectivity index (χ3v) is 4.81. The summed E-state index contributed by atoms with van der Waals surface area (Å²) in [6.07, 6.45) is 2.22. The Kier molecular flexibility index (Phi) is 5.68. The van der Waals surface area contributed by atoms with Crippen LogP contribution < -0.4 is 10.5 Å². The Labute approximate surface area is 157 Å². The van der Waals surface area contributed by atoms with Gasteiger partial charge < -0.3 is 9.73 Å². The number of nitrogens with zero attached hydrogens (tertiary/aromatic N) is 1. The Morgan fingerprint density at radius 1 is 1.11 bits per heavy atom. The van der Waals surface area contributed by atoms with E-state index in [2.05, 4.69) is 10.3 Å². The zero-order chi connectivity index (χ0) is 19.3. The first-order chi connectivity index (χ1) is 12.9. The predicted octanol–water partition coefficient (Wildman–Crippen LogP) is 2.24. The summed E-state index contributed by atoms with van der Waals surface area (Å²) in [4.78, 5) is 16.2. The van der Waals surface area contributed by atoms with Crippen molar-refractivity contribution in [1.82, 2.24) is 10.3 Å². The molecule has 0 aliphatic rings. The highest BCUT2D eigenvalue weighted by Crippen LogP contribution is 2.20. The summed E-state index contributed by atoms with van der Waals surface area (Å²) in [6, 6.07) is 15.7. The standard InChI is InChI=1S/C19H19N3O4S/c20-27(24,25)16-8-4-5-14(11-16)12-21-18(23)9-10-19-22-13-17(26-19)15-6-2-1-3-7-15/h1-8,11,13H,9-10,12H2,(H,21,23)(H2,20,24,25). The average molecular weight is 385 g/mol. The molecule has 0 saturated carbocycles. The molecule has 1 amide bonds. The second kappa shape index (κ2) is 8.15. The minimum absolute atomic E-state index is 0.0162. The zero-order valence-electron chi connectivity index (χ0n) is 14.5. The lowest BCUT2D eigenvalue weighted by atomic mass is 10.2. The molecule has 1 aromatic heterocycles. The molecule has 8 heteroatoms. The molecule has 0 spiro atoms. The maximum absolute atomic E-state index is 12.0. The van der Waals surface area contributed by atoms with Crippen LogP contribution in [0.4, 0.5) is 0 Å². The maximum Gasteiger partial charge on any atom is 0.238 e. The second-order valence-electron chi connectivity index (χ2n) is 5.95. The average Bonchev–Trinajstić information content (AvgIpc) is 3.14. The van der Waals surface area contributed by atoms with Crippen LogP contribution in [-0.2, 0) is 27.8 Å². The Morgan fingerprint density at radius 3 is 2.63 bits per heavy atom. The van der Waals surface area contributed by atoms with Gasteiger partial charge in [0.1, 0.15) is 0 Å². The molecule has 7 nitrogen and oxygen atoms in total. The van der Waals surface area contributed by atoms with E-state index in [1.165, 1.54) is 12.1 Å². The topological polar surface area (TPSA) is 115 Å². The summed E-state index contributed by atoms with van der Waals surface area (Å²) in [5.41, 5.74) is 1.58. The number of hydrogen-bond donors (Lipinski definition) is 2. The Balaban J connectivity index is 1.51. The highest BCUT2D eigenvalue weighted by Gasteiger charge is 2.10. The van der Waals surface area contributed by atoms with Crippen LogP contribution in [-0.4, -0.2) is 19.3 Å². The van der Waals surface area contributed by atoms with Gasteiger partial charge in [0.2, 0.25) is 15.9 Å². The quantitative estimate of drug-likeness (QED) is 0.647. The van der Waals surface area contributed by atoms with E-state index in [1.807, 2.05) is 30.3 Å². The van der Waals surface area contributed by atoms with Gasteiger partial charge in [-0.05, 0) is 17.7 Å². The summed E-state index contributed by atoms with van der Waals surface area (Å²) >= 11 is 0. The summed E-state index contributed by atoms with van der Waals surface area (Å²) in [6.45, 7) is 0.211. The fraction of sp³-hybridized carbons (Fsp3) is 0.158. The largest absolute Gasteiger partial charge is 0.441 e. The van der Waals surface area contributed by atoms with E-state index in [4.69, 9.17) is 9.56 Å². The lowest BCUT2D eigenvalue weighted by Gasteiger charge is -2.06. The van der Waals surface area contributed by atoms with Crippen molar-refractivity contribution in [3.8, 4) is 11.3 Å². The van der Waals surface area contributed by atoms with Crippen LogP contribution in [0.15, 0.2) is 70.1 Å². The Morgan fingerprint density at radius 2 is 1.89 bits per heavy atom. The molecule has 0 aliphatic carbocycles. The molecule has 0 aliphatic heterocycles. The fourth-order valence-electron chi connectivity index (χ4n) is 2.50. The number of sulfonamides is 1. The molecule has 0 fully saturated rings. The van der Waals surface area contributed by atoms with Gasteiger partial charge in [-0.15, -0.1) is 0 Å². The lowest BCUT2D eigenvalue weighted by molar-refractivity contribution is -0.121. The number of rotatable bonds is 7. The number of benzene rings is 2. The first-order valence-electron chi connectivity index (χ1n) is 8.30. The van der Waals surface area contributed by atoms with Gasteiger partial charge >= 0.3 is 0 Å². The fourth-order valence-corrected chi connectivity index (χ4v) is 3.09. The normalized spacial score (nSPS) is 11.3. The third kappa shape index (κ3) is 5.25. The number of carbonyl (C=O) groups excluding carboxylic acids is 1. The van der Waals surface area contributed by atoms with E-state index in [1.54, 1.807) is 18.3 Å². The smallest absolute Gasteiger partial charge is 0.238 e. The predicted molar refractivity (Wildman–Crippen MR) is 99.9 cm³/mol. The van der Waals surface area contributed by atoms with Gasteiger partial charge in [-0.3, -0.25) is 4.79 Å². The van der Waals surface area contributed by atoms with E-state index in [0.29, 0.717) is 23.6 Å². The monoisotopic (exact) mass is 385 g/mol. The second-order valence-corrected chi connectivity index (χ2v) is 7.51. The number of carbonyl (C=O) groups is 1. The first-order valence-corrected chi connectivity index (χ1v) is 9.85. The van der Waals surface area contributed by atoms with E-state index < -0.39 is 10.0 Å². The van der Waals surface area contributed by atoms with Gasteiger partial charge in [0.05, 0.1) is 11.1 Å². The van der Waals surface area contributed by atoms with Crippen molar-refractivity contribution >= 4 is 15.9 Å². The third-order valence-electron chi connectivity index (χ3n) is 3.89. The zero-order valence-corrected chi connectivity index (χ0v) is 15.3. The Bertz CT molecular complexity index is 1030. The van der Waals surface area contributed by atoms with Crippen molar-refractivity contribution in [2.24, 2.45) is 5.14 Å². The highest BCUT2D eigenvalue weighted by atomic mass is 32.2. The molecule has 0 radical (unpaired) electrons. The summed E-state index contributed by atoms with van der Waals surface area (Å²) < 4.78 is 28.4. The van der Waals surface area contributed by atoms with Gasteiger partial charge in [0, 0.05) is 24.9 Å². The van der Waals surface area contributed by atoms with Gasteiger partial charge in [-0.2, -0.15) is 0 Å². The minimum Gasteiger partial charge on any atom is -0.441 e. The highest BCUT2D eigenvalue weighted by molar-refractivity contribution is 7.89. The van der Waals surface area contributed by atoms with Crippen LogP contribution in [0.25, 0.3) is 11.3 Å². The molecule has 27 heavy (non-hydrogen) atoms. The molecule has 0 atom stereocenters. The number of aromatic nitrogens is 1. The van der Waals surface area contributed by atoms with Crippen molar-refractivity contribution < 1.29 is 17.6 Å². The minimum atomic E-state index is -3.76. The number of nitrogens with one attached hydrogen (secondary N) is 1. The van der Waals surface area contributed by atoms with Crippen molar-refractivity contribution in [1.29, 1.82) is 0 Å². The molecule has 3 rings (SSSR count). The SMILES string of the molecule is NS(=O)(=O)c1cccc(CNC(=O)CCc2ncc(-c3ccccc3)o2)c1. The molecule has 2 aromatic carbocycles. The maximum atomic E-state index is 12.0. The van der Waals surface area contributed by atoms with Crippen molar-refractivity contribution in [2.45, 2.75) is 24.3 Å². The van der Waals surface area contributed by atoms with E-state index in [9.17, 15) is 13.2 Å². The van der Waals surface area contributed by atoms with Gasteiger partial charge in [0.25, 0.3) is 0 Å². The van der Waals surface area contributed by atoms with E-state index >= 15 is 0 Å². The molecule has 0 unspecified atom stereocenters. The van der Waals surface area contributed by atoms with Crippen LogP contribution in [0.3, 0.4) is 0 Å². The molecule has 0 bridgehead atoms. The van der Waals surface area contributed by atoms with Crippen molar-refractivity contribution in [3.05, 3.63) is 72.2 Å². The molecule has 3 N–H and O–H groups in total. The van der Waals surface area contributed by atoms with Gasteiger partial charge in [0.15, 0.2) is 11.7 Å². The molecular formula is C19H19N3O4S. The number of primary sulfonamides is 1. The van der Waals surface area contributed by atoms with E-state index in [0.717, 1.165) is 5.56 Å². The van der Waals surface area contributed by atoms with Crippen LogP contribution in [0.1, 0.15) is 17.9 Å². The van der Waals surface area contributed by atoms with Crippen LogP contribution in [0.2, 0.25) is 0 Å². The summed E-state index contributed by atoms with van der Waals surface area (Å²) in [7, 11) is -3.76. The molecular weight excluding hydrogens is 366 g/mol. The van der Waals surface area contributed by atoms with Crippen LogP contribution in [0, 0.1) is 0 Å². The van der Waals surface area contributed by atoms with Crippen molar-refractivity contribution in [3.63, 3.8) is 0 Å². The van der Waals surface area contributed by atoms with Crippen molar-refractivity contribution in [2.75, 3.05) is 0 Å². The molecule has 3 aromatic rings. The number of oxazole rings is 1. The van der Waals surface area contributed by atoms with Crippen LogP contribution in [0.5, 0.6) is 0 Å². The van der Waals surface area contributed by atoms with Gasteiger partial charge in [-0.1, -0.05) is 42.5 Å². The molecule has 0 saturated heterocycles. The first kappa shape index (κ1) is 18.8.